The molecule has 0 saturated heterocycles. The summed E-state index contributed by atoms with van der Waals surface area (Å²) in [5.74, 6) is -1.41. The van der Waals surface area contributed by atoms with Gasteiger partial charge in [-0.05, 0) is 73.0 Å². The van der Waals surface area contributed by atoms with Crippen LogP contribution in [0.25, 0.3) is 0 Å². The minimum atomic E-state index is -3.83. The zero-order valence-corrected chi connectivity index (χ0v) is 23.2. The van der Waals surface area contributed by atoms with Crippen molar-refractivity contribution in [3.63, 3.8) is 0 Å². The Kier molecular flexibility index (Phi) is 10.5. The molecule has 0 fully saturated rings. The molecule has 188 valence electrons. The summed E-state index contributed by atoms with van der Waals surface area (Å²) < 4.78 is 39.1. The van der Waals surface area contributed by atoms with Gasteiger partial charge in [0.25, 0.3) is 10.0 Å². The number of esters is 2. The Bertz CT molecular complexity index is 1190. The number of sulfonamides is 1. The van der Waals surface area contributed by atoms with Gasteiger partial charge in [0.15, 0.2) is 5.41 Å². The van der Waals surface area contributed by atoms with Gasteiger partial charge in [0, 0.05) is 9.99 Å². The fourth-order valence-electron chi connectivity index (χ4n) is 3.57. The van der Waals surface area contributed by atoms with E-state index >= 15 is 0 Å². The smallest absolute Gasteiger partial charge is 0.323 e. The van der Waals surface area contributed by atoms with Gasteiger partial charge in [-0.15, -0.1) is 0 Å². The monoisotopic (exact) mass is 611 g/mol. The molecule has 0 radical (unpaired) electrons. The second-order valence-corrected chi connectivity index (χ2v) is 10.7. The maximum atomic E-state index is 12.9. The van der Waals surface area contributed by atoms with E-state index in [1.165, 1.54) is 26.4 Å². The SMILES string of the molecule is C/C=C/C=C/CCC(Cc1cccc(NS(=O)(=O)c2ccc(C)cc2)c1I)(C(=O)OC)C(=O)OC. The molecule has 0 amide bonds. The van der Waals surface area contributed by atoms with Crippen molar-refractivity contribution in [1.82, 2.24) is 0 Å². The molecule has 0 unspecified atom stereocenters. The van der Waals surface area contributed by atoms with Crippen LogP contribution in [0.1, 0.15) is 30.9 Å². The van der Waals surface area contributed by atoms with Crippen molar-refractivity contribution in [1.29, 1.82) is 0 Å². The first-order valence-electron chi connectivity index (χ1n) is 10.9. The number of halogens is 1. The van der Waals surface area contributed by atoms with Crippen molar-refractivity contribution in [2.75, 3.05) is 18.9 Å². The molecule has 0 aliphatic heterocycles. The first-order chi connectivity index (χ1) is 16.6. The Balaban J connectivity index is 2.44. The van der Waals surface area contributed by atoms with E-state index in [1.54, 1.807) is 30.3 Å². The van der Waals surface area contributed by atoms with Gasteiger partial charge < -0.3 is 9.47 Å². The summed E-state index contributed by atoms with van der Waals surface area (Å²) in [4.78, 5) is 26.0. The third-order valence-corrected chi connectivity index (χ3v) is 8.13. The van der Waals surface area contributed by atoms with Crippen LogP contribution in [0, 0.1) is 15.9 Å². The lowest BCUT2D eigenvalue weighted by Gasteiger charge is -2.28. The van der Waals surface area contributed by atoms with E-state index in [0.29, 0.717) is 21.2 Å². The van der Waals surface area contributed by atoms with Crippen molar-refractivity contribution >= 4 is 50.2 Å². The molecular formula is C26H30INO6S. The minimum Gasteiger partial charge on any atom is -0.468 e. The fourth-order valence-corrected chi connectivity index (χ4v) is 5.51. The predicted molar refractivity (Wildman–Crippen MR) is 145 cm³/mol. The molecule has 0 atom stereocenters. The molecule has 2 rings (SSSR count). The molecule has 0 saturated carbocycles. The van der Waals surface area contributed by atoms with Crippen LogP contribution in [0.5, 0.6) is 0 Å². The third-order valence-electron chi connectivity index (χ3n) is 5.48. The van der Waals surface area contributed by atoms with Crippen LogP contribution in [-0.4, -0.2) is 34.6 Å². The van der Waals surface area contributed by atoms with Gasteiger partial charge >= 0.3 is 11.9 Å². The van der Waals surface area contributed by atoms with Crippen molar-refractivity contribution in [2.45, 2.75) is 38.0 Å². The van der Waals surface area contributed by atoms with Crippen molar-refractivity contribution < 1.29 is 27.5 Å². The number of carbonyl (C=O) groups is 2. The number of ether oxygens (including phenoxy) is 2. The molecule has 2 aromatic carbocycles. The molecule has 2 aromatic rings. The molecule has 35 heavy (non-hydrogen) atoms. The highest BCUT2D eigenvalue weighted by Gasteiger charge is 2.48. The summed E-state index contributed by atoms with van der Waals surface area (Å²) >= 11 is 2.02. The Hall–Kier alpha value is -2.66. The van der Waals surface area contributed by atoms with E-state index < -0.39 is 27.4 Å². The number of aryl methyl sites for hydroxylation is 1. The number of allylic oxidation sites excluding steroid dienone is 4. The molecular weight excluding hydrogens is 581 g/mol. The van der Waals surface area contributed by atoms with Crippen LogP contribution in [-0.2, 0) is 35.5 Å². The van der Waals surface area contributed by atoms with Crippen molar-refractivity contribution in [3.05, 3.63) is 81.5 Å². The zero-order valence-electron chi connectivity index (χ0n) is 20.2. The van der Waals surface area contributed by atoms with E-state index in [2.05, 4.69) is 4.72 Å². The summed E-state index contributed by atoms with van der Waals surface area (Å²) in [5.41, 5.74) is 0.323. The van der Waals surface area contributed by atoms with Crippen LogP contribution < -0.4 is 4.72 Å². The Morgan fingerprint density at radius 1 is 1.03 bits per heavy atom. The molecule has 0 bridgehead atoms. The highest BCUT2D eigenvalue weighted by atomic mass is 127. The molecule has 0 aromatic heterocycles. The number of benzene rings is 2. The van der Waals surface area contributed by atoms with Crippen LogP contribution in [0.2, 0.25) is 0 Å². The maximum absolute atomic E-state index is 12.9. The molecule has 7 nitrogen and oxygen atoms in total. The van der Waals surface area contributed by atoms with Gasteiger partial charge in [-0.25, -0.2) is 8.42 Å². The van der Waals surface area contributed by atoms with Crippen LogP contribution in [0.15, 0.2) is 71.7 Å². The molecule has 0 spiro atoms. The topological polar surface area (TPSA) is 98.8 Å². The van der Waals surface area contributed by atoms with Gasteiger partial charge in [0.1, 0.15) is 0 Å². The minimum absolute atomic E-state index is 0.0117. The largest absolute Gasteiger partial charge is 0.468 e. The summed E-state index contributed by atoms with van der Waals surface area (Å²) in [5, 5.41) is 0. The van der Waals surface area contributed by atoms with E-state index in [-0.39, 0.29) is 17.7 Å². The van der Waals surface area contributed by atoms with Crippen molar-refractivity contribution in [2.24, 2.45) is 5.41 Å². The number of carbonyl (C=O) groups excluding carboxylic acids is 2. The molecule has 1 N–H and O–H groups in total. The molecule has 0 aliphatic rings. The normalized spacial score (nSPS) is 12.1. The summed E-state index contributed by atoms with van der Waals surface area (Å²) in [6.45, 7) is 3.76. The van der Waals surface area contributed by atoms with E-state index in [0.717, 1.165) is 5.56 Å². The Morgan fingerprint density at radius 3 is 2.23 bits per heavy atom. The number of methoxy groups -OCH3 is 2. The van der Waals surface area contributed by atoms with Crippen LogP contribution >= 0.6 is 22.6 Å². The Morgan fingerprint density at radius 2 is 1.66 bits per heavy atom. The summed E-state index contributed by atoms with van der Waals surface area (Å²) in [6.07, 6.45) is 8.00. The summed E-state index contributed by atoms with van der Waals surface area (Å²) in [7, 11) is -1.37. The van der Waals surface area contributed by atoms with Gasteiger partial charge in [-0.2, -0.15) is 0 Å². The lowest BCUT2D eigenvalue weighted by Crippen LogP contribution is -2.43. The zero-order chi connectivity index (χ0) is 26.1. The quantitative estimate of drug-likeness (QED) is 0.163. The molecule has 0 heterocycles. The molecule has 0 aliphatic carbocycles. The number of hydrogen-bond acceptors (Lipinski definition) is 6. The number of hydrogen-bond donors (Lipinski definition) is 1. The van der Waals surface area contributed by atoms with Gasteiger partial charge in [0.05, 0.1) is 24.8 Å². The lowest BCUT2D eigenvalue weighted by molar-refractivity contribution is -0.169. The second-order valence-electron chi connectivity index (χ2n) is 7.93. The van der Waals surface area contributed by atoms with Crippen molar-refractivity contribution in [3.8, 4) is 0 Å². The molecule has 9 heteroatoms. The van der Waals surface area contributed by atoms with Gasteiger partial charge in [-0.1, -0.05) is 54.1 Å². The van der Waals surface area contributed by atoms with Gasteiger partial charge in [-0.3, -0.25) is 14.3 Å². The Labute approximate surface area is 220 Å². The number of anilines is 1. The van der Waals surface area contributed by atoms with E-state index in [9.17, 15) is 18.0 Å². The first kappa shape index (κ1) is 28.6. The first-order valence-corrected chi connectivity index (χ1v) is 13.5. The fraction of sp³-hybridized carbons (Fsp3) is 0.308. The van der Waals surface area contributed by atoms with E-state index in [4.69, 9.17) is 9.47 Å². The van der Waals surface area contributed by atoms with E-state index in [1.807, 2.05) is 60.7 Å². The lowest BCUT2D eigenvalue weighted by atomic mass is 9.77. The highest BCUT2D eigenvalue weighted by Crippen LogP contribution is 2.36. The van der Waals surface area contributed by atoms with Gasteiger partial charge in [0.2, 0.25) is 0 Å². The number of rotatable bonds is 11. The average molecular weight is 611 g/mol. The number of nitrogens with one attached hydrogen (secondary N) is 1. The standard InChI is InChI=1S/C26H30INO6S/c1-5-6-7-8-9-17-26(24(29)33-3,25(30)34-4)18-20-11-10-12-22(23(20)27)28-35(31,32)21-15-13-19(2)14-16-21/h5-8,10-16,28H,9,17-18H2,1-4H3/b6-5+,8-7+. The predicted octanol–water partition coefficient (Wildman–Crippen LogP) is 5.19. The highest BCUT2D eigenvalue weighted by molar-refractivity contribution is 14.1. The van der Waals surface area contributed by atoms with Crippen LogP contribution in [0.4, 0.5) is 5.69 Å². The summed E-state index contributed by atoms with van der Waals surface area (Å²) in [6, 6.07) is 11.6. The third kappa shape index (κ3) is 7.17. The van der Waals surface area contributed by atoms with Crippen LogP contribution in [0.3, 0.4) is 0 Å². The second kappa shape index (κ2) is 12.9. The maximum Gasteiger partial charge on any atom is 0.323 e. The average Bonchev–Trinajstić information content (AvgIpc) is 2.84.